The van der Waals surface area contributed by atoms with Crippen LogP contribution in [0.15, 0.2) is 54.7 Å². The van der Waals surface area contributed by atoms with Gasteiger partial charge in [0.1, 0.15) is 11.9 Å². The van der Waals surface area contributed by atoms with Gasteiger partial charge in [-0.15, -0.1) is 0 Å². The van der Waals surface area contributed by atoms with Crippen molar-refractivity contribution in [1.82, 2.24) is 9.78 Å². The number of carbonyl (C=O) groups is 2. The number of amides is 2. The molecule has 1 fully saturated rings. The summed E-state index contributed by atoms with van der Waals surface area (Å²) in [5.41, 5.74) is 2.48. The van der Waals surface area contributed by atoms with Crippen LogP contribution in [0.1, 0.15) is 41.3 Å². The Morgan fingerprint density at radius 1 is 1.11 bits per heavy atom. The standard InChI is InChI=1S/C27H28N4O4/c1-18(17-34-3)35-24-15-20(13-22(16-24)27(33)29-25-11-12-31(2)30-25)8-7-19-5-4-6-23(14-19)28-26(32)21-9-10-21/h4-6,11-16,18,21H,9-10,17H2,1-3H3,(H,28,32)(H,29,30,33)/t18-/m0/s1. The summed E-state index contributed by atoms with van der Waals surface area (Å²) in [6, 6.07) is 14.3. The van der Waals surface area contributed by atoms with Crippen LogP contribution in [-0.2, 0) is 16.6 Å². The second-order valence-corrected chi connectivity index (χ2v) is 8.55. The van der Waals surface area contributed by atoms with Gasteiger partial charge in [0.25, 0.3) is 5.91 Å². The molecular formula is C27H28N4O4. The van der Waals surface area contributed by atoms with Crippen molar-refractivity contribution < 1.29 is 19.1 Å². The smallest absolute Gasteiger partial charge is 0.257 e. The number of anilines is 2. The number of nitrogens with one attached hydrogen (secondary N) is 2. The number of aryl methyl sites for hydroxylation is 1. The van der Waals surface area contributed by atoms with E-state index in [9.17, 15) is 9.59 Å². The van der Waals surface area contributed by atoms with Gasteiger partial charge in [-0.3, -0.25) is 14.3 Å². The normalized spacial score (nSPS) is 13.3. The predicted molar refractivity (Wildman–Crippen MR) is 133 cm³/mol. The lowest BCUT2D eigenvalue weighted by atomic mass is 10.1. The molecule has 2 aromatic carbocycles. The van der Waals surface area contributed by atoms with Gasteiger partial charge >= 0.3 is 0 Å². The number of carbonyl (C=O) groups excluding carboxylic acids is 2. The van der Waals surface area contributed by atoms with Crippen LogP contribution in [0, 0.1) is 17.8 Å². The Hall–Kier alpha value is -4.09. The van der Waals surface area contributed by atoms with Crippen LogP contribution in [0.25, 0.3) is 0 Å². The summed E-state index contributed by atoms with van der Waals surface area (Å²) in [6.45, 7) is 2.29. The summed E-state index contributed by atoms with van der Waals surface area (Å²) in [7, 11) is 3.38. The number of benzene rings is 2. The number of aromatic nitrogens is 2. The Balaban J connectivity index is 1.57. The van der Waals surface area contributed by atoms with Gasteiger partial charge in [-0.25, -0.2) is 0 Å². The van der Waals surface area contributed by atoms with Crippen molar-refractivity contribution in [3.05, 3.63) is 71.4 Å². The third-order valence-electron chi connectivity index (χ3n) is 5.29. The highest BCUT2D eigenvalue weighted by Crippen LogP contribution is 2.30. The van der Waals surface area contributed by atoms with E-state index in [1.165, 1.54) is 0 Å². The number of nitrogens with zero attached hydrogens (tertiary/aromatic N) is 2. The molecule has 8 nitrogen and oxygen atoms in total. The largest absolute Gasteiger partial charge is 0.488 e. The lowest BCUT2D eigenvalue weighted by molar-refractivity contribution is -0.117. The number of methoxy groups -OCH3 is 1. The number of hydrogen-bond acceptors (Lipinski definition) is 5. The van der Waals surface area contributed by atoms with E-state index in [0.29, 0.717) is 29.3 Å². The molecule has 1 heterocycles. The van der Waals surface area contributed by atoms with Crippen molar-refractivity contribution in [1.29, 1.82) is 0 Å². The van der Waals surface area contributed by atoms with Gasteiger partial charge in [0.05, 0.1) is 6.61 Å². The maximum absolute atomic E-state index is 12.9. The van der Waals surface area contributed by atoms with Crippen LogP contribution in [0.5, 0.6) is 5.75 Å². The SMILES string of the molecule is COC[C@H](C)Oc1cc(C#Cc2cccc(NC(=O)C3CC3)c2)cc(C(=O)Nc2ccn(C)n2)c1. The summed E-state index contributed by atoms with van der Waals surface area (Å²) in [5.74, 6) is 7.05. The fourth-order valence-electron chi connectivity index (χ4n) is 3.45. The summed E-state index contributed by atoms with van der Waals surface area (Å²) in [5, 5.41) is 9.91. The van der Waals surface area contributed by atoms with Crippen LogP contribution >= 0.6 is 0 Å². The van der Waals surface area contributed by atoms with Crippen molar-refractivity contribution >= 4 is 23.3 Å². The Bertz CT molecular complexity index is 1280. The van der Waals surface area contributed by atoms with Gasteiger partial charge in [0.2, 0.25) is 5.91 Å². The third-order valence-corrected chi connectivity index (χ3v) is 5.29. The molecule has 8 heteroatoms. The molecule has 3 aromatic rings. The van der Waals surface area contributed by atoms with E-state index in [0.717, 1.165) is 24.1 Å². The van der Waals surface area contributed by atoms with Crippen LogP contribution in [0.2, 0.25) is 0 Å². The molecule has 2 N–H and O–H groups in total. The monoisotopic (exact) mass is 472 g/mol. The highest BCUT2D eigenvalue weighted by atomic mass is 16.5. The van der Waals surface area contributed by atoms with E-state index in [1.54, 1.807) is 49.3 Å². The molecule has 1 saturated carbocycles. The Morgan fingerprint density at radius 2 is 1.91 bits per heavy atom. The molecule has 0 radical (unpaired) electrons. The van der Waals surface area contributed by atoms with Crippen molar-refractivity contribution in [2.45, 2.75) is 25.9 Å². The van der Waals surface area contributed by atoms with E-state index >= 15 is 0 Å². The minimum Gasteiger partial charge on any atom is -0.488 e. The lowest BCUT2D eigenvalue weighted by Crippen LogP contribution is -2.19. The van der Waals surface area contributed by atoms with Gasteiger partial charge in [0, 0.05) is 54.7 Å². The van der Waals surface area contributed by atoms with Crippen molar-refractivity contribution in [3.63, 3.8) is 0 Å². The highest BCUT2D eigenvalue weighted by molar-refractivity contribution is 6.04. The highest BCUT2D eigenvalue weighted by Gasteiger charge is 2.29. The maximum Gasteiger partial charge on any atom is 0.257 e. The van der Waals surface area contributed by atoms with E-state index in [1.807, 2.05) is 31.2 Å². The predicted octanol–water partition coefficient (Wildman–Crippen LogP) is 3.83. The molecule has 4 rings (SSSR count). The quantitative estimate of drug-likeness (QED) is 0.486. The van der Waals surface area contributed by atoms with E-state index in [-0.39, 0.29) is 23.8 Å². The average molecular weight is 473 g/mol. The second-order valence-electron chi connectivity index (χ2n) is 8.55. The topological polar surface area (TPSA) is 94.5 Å². The molecule has 0 unspecified atom stereocenters. The summed E-state index contributed by atoms with van der Waals surface area (Å²) in [4.78, 5) is 24.9. The molecule has 0 spiro atoms. The minimum atomic E-state index is -0.318. The van der Waals surface area contributed by atoms with E-state index < -0.39 is 0 Å². The van der Waals surface area contributed by atoms with Gasteiger partial charge in [-0.05, 0) is 56.2 Å². The van der Waals surface area contributed by atoms with E-state index in [2.05, 4.69) is 27.6 Å². The van der Waals surface area contributed by atoms with Crippen LogP contribution in [0.3, 0.4) is 0 Å². The van der Waals surface area contributed by atoms with Crippen LogP contribution in [-0.4, -0.2) is 41.4 Å². The summed E-state index contributed by atoms with van der Waals surface area (Å²) < 4.78 is 12.7. The maximum atomic E-state index is 12.9. The number of rotatable bonds is 8. The van der Waals surface area contributed by atoms with Gasteiger partial charge in [0.15, 0.2) is 5.82 Å². The molecule has 35 heavy (non-hydrogen) atoms. The fraction of sp³-hybridized carbons (Fsp3) is 0.296. The first-order valence-corrected chi connectivity index (χ1v) is 11.4. The Morgan fingerprint density at radius 3 is 2.63 bits per heavy atom. The zero-order valence-electron chi connectivity index (χ0n) is 20.0. The van der Waals surface area contributed by atoms with Crippen LogP contribution in [0.4, 0.5) is 11.5 Å². The fourth-order valence-corrected chi connectivity index (χ4v) is 3.45. The molecule has 0 saturated heterocycles. The molecular weight excluding hydrogens is 444 g/mol. The number of ether oxygens (including phenoxy) is 2. The molecule has 0 aliphatic heterocycles. The van der Waals surface area contributed by atoms with Crippen molar-refractivity contribution in [2.75, 3.05) is 24.4 Å². The van der Waals surface area contributed by atoms with Crippen molar-refractivity contribution in [3.8, 4) is 17.6 Å². The minimum absolute atomic E-state index is 0.0497. The molecule has 0 bridgehead atoms. The first-order valence-electron chi connectivity index (χ1n) is 11.4. The van der Waals surface area contributed by atoms with Crippen molar-refractivity contribution in [2.24, 2.45) is 13.0 Å². The Kier molecular flexibility index (Phi) is 7.48. The third kappa shape index (κ3) is 6.95. The van der Waals surface area contributed by atoms with Gasteiger partial charge in [-0.2, -0.15) is 5.10 Å². The lowest BCUT2D eigenvalue weighted by Gasteiger charge is -2.15. The first kappa shape index (κ1) is 24.0. The number of hydrogen-bond donors (Lipinski definition) is 2. The summed E-state index contributed by atoms with van der Waals surface area (Å²) >= 11 is 0. The Labute approximate surface area is 204 Å². The van der Waals surface area contributed by atoms with Gasteiger partial charge in [-0.1, -0.05) is 17.9 Å². The first-order chi connectivity index (χ1) is 16.9. The molecule has 1 aromatic heterocycles. The average Bonchev–Trinajstić information content (AvgIpc) is 3.60. The molecule has 1 aliphatic carbocycles. The molecule has 1 atom stereocenters. The molecule has 2 amide bonds. The molecule has 180 valence electrons. The molecule has 1 aliphatic rings. The van der Waals surface area contributed by atoms with Gasteiger partial charge < -0.3 is 20.1 Å². The summed E-state index contributed by atoms with van der Waals surface area (Å²) in [6.07, 6.45) is 3.44. The second kappa shape index (κ2) is 10.9. The zero-order valence-corrected chi connectivity index (χ0v) is 20.0. The van der Waals surface area contributed by atoms with Crippen LogP contribution < -0.4 is 15.4 Å². The van der Waals surface area contributed by atoms with E-state index in [4.69, 9.17) is 9.47 Å². The zero-order chi connectivity index (χ0) is 24.8.